The van der Waals surface area contributed by atoms with Crippen LogP contribution in [0.3, 0.4) is 0 Å². The van der Waals surface area contributed by atoms with Crippen molar-refractivity contribution in [3.05, 3.63) is 0 Å². The van der Waals surface area contributed by atoms with Crippen molar-refractivity contribution in [1.82, 2.24) is 0 Å². The molecule has 0 aliphatic carbocycles. The van der Waals surface area contributed by atoms with Gasteiger partial charge in [-0.25, -0.2) is 18.3 Å². The molecule has 2 unspecified atom stereocenters. The van der Waals surface area contributed by atoms with Crippen molar-refractivity contribution in [1.29, 1.82) is 0 Å². The highest BCUT2D eigenvalue weighted by Gasteiger charge is 2.59. The number of hydrogen-bond donors (Lipinski definition) is 8. The second kappa shape index (κ2) is 17.4. The molecular formula is C12H28Cl4O16P4. The lowest BCUT2D eigenvalue weighted by Crippen LogP contribution is -2.58. The van der Waals surface area contributed by atoms with Gasteiger partial charge >= 0.3 is 31.3 Å². The fourth-order valence-corrected chi connectivity index (χ4v) is 8.08. The first-order chi connectivity index (χ1) is 16.2. The van der Waals surface area contributed by atoms with Crippen LogP contribution < -0.4 is 0 Å². The fourth-order valence-electron chi connectivity index (χ4n) is 2.86. The second-order valence-corrected chi connectivity index (χ2v) is 13.5. The molecule has 36 heavy (non-hydrogen) atoms. The second-order valence-electron chi connectivity index (χ2n) is 6.46. The van der Waals surface area contributed by atoms with Crippen molar-refractivity contribution >= 4 is 77.7 Å². The topological polar surface area (TPSA) is 267 Å². The molecular weight excluding hydrogens is 666 g/mol. The summed E-state index contributed by atoms with van der Waals surface area (Å²) in [5, 5.41) is 15.2. The van der Waals surface area contributed by atoms with Crippen LogP contribution in [-0.2, 0) is 35.9 Å². The molecule has 0 aliphatic rings. The number of aliphatic hydroxyl groups is 2. The van der Waals surface area contributed by atoms with E-state index in [1.807, 2.05) is 0 Å². The number of hydrogen-bond acceptors (Lipinski definition) is 10. The predicted molar refractivity (Wildman–Crippen MR) is 129 cm³/mol. The molecule has 0 aromatic rings. The van der Waals surface area contributed by atoms with Gasteiger partial charge in [-0.1, -0.05) is 0 Å². The third-order valence-electron chi connectivity index (χ3n) is 3.92. The Balaban J connectivity index is 0. The molecule has 0 amide bonds. The largest absolute Gasteiger partial charge is 0.481 e. The molecule has 8 N–H and O–H groups in total. The summed E-state index contributed by atoms with van der Waals surface area (Å²) in [5.74, 6) is -1.62. The molecule has 0 aliphatic heterocycles. The van der Waals surface area contributed by atoms with Crippen LogP contribution >= 0.6 is 77.7 Å². The average Bonchev–Trinajstić information content (AvgIpc) is 2.64. The van der Waals surface area contributed by atoms with Crippen LogP contribution in [-0.4, -0.2) is 87.5 Å². The standard InChI is InChI=1S/C10H22Cl4O14P4.C2H6O2/c11-5-1-9(2-6-12,25-31(21,22)27-29(15,16)17)10(3-7-13,4-8-14)26-32(23,24)28-30(18,19)20;3-1-2-4/h1-8H2,(H,21,22)(H,23,24)(H2,15,16,17)(H2,18,19,20);3-4H,1-2H2. The first-order valence-electron chi connectivity index (χ1n) is 9.30. The first kappa shape index (κ1) is 39.7. The zero-order chi connectivity index (χ0) is 28.9. The number of alkyl halides is 4. The molecule has 16 nitrogen and oxygen atoms in total. The van der Waals surface area contributed by atoms with Gasteiger partial charge in [0.05, 0.1) is 13.2 Å². The lowest BCUT2D eigenvalue weighted by molar-refractivity contribution is -0.142. The van der Waals surface area contributed by atoms with Gasteiger partial charge in [0.15, 0.2) is 0 Å². The molecule has 0 aromatic heterocycles. The van der Waals surface area contributed by atoms with Gasteiger partial charge in [-0.15, -0.1) is 46.4 Å². The highest BCUT2D eigenvalue weighted by Crippen LogP contribution is 2.66. The van der Waals surface area contributed by atoms with Crippen LogP contribution in [0, 0.1) is 0 Å². The molecule has 0 spiro atoms. The van der Waals surface area contributed by atoms with Crippen molar-refractivity contribution in [2.24, 2.45) is 0 Å². The molecule has 0 heterocycles. The Labute approximate surface area is 226 Å². The van der Waals surface area contributed by atoms with Crippen LogP contribution in [0.2, 0.25) is 0 Å². The normalized spacial score (nSPS) is 16.6. The van der Waals surface area contributed by atoms with E-state index in [1.165, 1.54) is 0 Å². The highest BCUT2D eigenvalue weighted by molar-refractivity contribution is 7.61. The minimum absolute atomic E-state index is 0.125. The lowest BCUT2D eigenvalue weighted by Gasteiger charge is -2.49. The van der Waals surface area contributed by atoms with Gasteiger partial charge in [0.25, 0.3) is 0 Å². The predicted octanol–water partition coefficient (Wildman–Crippen LogP) is 2.40. The number of phosphoric ester groups is 2. The van der Waals surface area contributed by atoms with Gasteiger partial charge in [-0.3, -0.25) is 9.05 Å². The third-order valence-corrected chi connectivity index (χ3v) is 9.19. The summed E-state index contributed by atoms with van der Waals surface area (Å²) >= 11 is 23.1. The third kappa shape index (κ3) is 16.0. The SMILES string of the molecule is O=P(O)(O)OP(=O)(O)OC(CCCl)(CCCl)C(CCCl)(CCCl)OP(=O)(O)OP(=O)(O)O.OCCO. The maximum absolute atomic E-state index is 12.4. The summed E-state index contributed by atoms with van der Waals surface area (Å²) in [5.41, 5.74) is -4.70. The van der Waals surface area contributed by atoms with Crippen molar-refractivity contribution in [2.75, 3.05) is 36.7 Å². The summed E-state index contributed by atoms with van der Waals surface area (Å²) in [6, 6.07) is 0. The molecule has 24 heteroatoms. The van der Waals surface area contributed by atoms with Crippen molar-refractivity contribution in [3.8, 4) is 0 Å². The number of aliphatic hydroxyl groups excluding tert-OH is 2. The fraction of sp³-hybridized carbons (Fsp3) is 1.00. The van der Waals surface area contributed by atoms with Gasteiger partial charge in [0.1, 0.15) is 11.2 Å². The molecule has 0 saturated heterocycles. The van der Waals surface area contributed by atoms with Gasteiger partial charge < -0.3 is 39.6 Å². The Morgan fingerprint density at radius 3 is 0.889 bits per heavy atom. The van der Waals surface area contributed by atoms with Crippen molar-refractivity contribution in [2.45, 2.75) is 36.9 Å². The number of rotatable bonds is 18. The molecule has 0 bridgehead atoms. The quantitative estimate of drug-likeness (QED) is 0.0756. The minimum Gasteiger partial charge on any atom is -0.394 e. The van der Waals surface area contributed by atoms with Crippen LogP contribution in [0.25, 0.3) is 0 Å². The van der Waals surface area contributed by atoms with E-state index in [4.69, 9.17) is 85.2 Å². The van der Waals surface area contributed by atoms with E-state index in [9.17, 15) is 28.0 Å². The summed E-state index contributed by atoms with van der Waals surface area (Å²) in [6.07, 6.45) is -2.11. The Morgan fingerprint density at radius 2 is 0.750 bits per heavy atom. The summed E-state index contributed by atoms with van der Waals surface area (Å²) in [4.78, 5) is 55.5. The smallest absolute Gasteiger partial charge is 0.394 e. The van der Waals surface area contributed by atoms with Gasteiger partial charge in [0, 0.05) is 23.5 Å². The van der Waals surface area contributed by atoms with E-state index >= 15 is 0 Å². The van der Waals surface area contributed by atoms with Crippen molar-refractivity contribution in [3.63, 3.8) is 0 Å². The van der Waals surface area contributed by atoms with Gasteiger partial charge in [0.2, 0.25) is 0 Å². The highest BCUT2D eigenvalue weighted by atomic mass is 35.5. The van der Waals surface area contributed by atoms with E-state index in [0.717, 1.165) is 0 Å². The van der Waals surface area contributed by atoms with E-state index in [1.54, 1.807) is 0 Å². The monoisotopic (exact) mass is 692 g/mol. The minimum atomic E-state index is -5.66. The van der Waals surface area contributed by atoms with Crippen LogP contribution in [0.1, 0.15) is 25.7 Å². The maximum Gasteiger partial charge on any atom is 0.481 e. The Bertz CT molecular complexity index is 743. The Morgan fingerprint density at radius 1 is 0.528 bits per heavy atom. The van der Waals surface area contributed by atoms with Gasteiger partial charge in [-0.05, 0) is 25.7 Å². The summed E-state index contributed by atoms with van der Waals surface area (Å²) < 4.78 is 64.6. The molecule has 0 aromatic carbocycles. The van der Waals surface area contributed by atoms with E-state index in [0.29, 0.717) is 0 Å². The van der Waals surface area contributed by atoms with E-state index in [2.05, 4.69) is 8.62 Å². The molecule has 2 atom stereocenters. The summed E-state index contributed by atoms with van der Waals surface area (Å²) in [6.45, 7) is -0.250. The zero-order valence-electron chi connectivity index (χ0n) is 18.2. The molecule has 220 valence electrons. The first-order valence-corrected chi connectivity index (χ1v) is 17.5. The van der Waals surface area contributed by atoms with Crippen molar-refractivity contribution < 1.29 is 75.5 Å². The molecule has 0 saturated carbocycles. The molecule has 0 radical (unpaired) electrons. The molecule has 0 rings (SSSR count). The Hall–Kier alpha value is 1.60. The average molecular weight is 694 g/mol. The summed E-state index contributed by atoms with van der Waals surface area (Å²) in [7, 11) is -22.5. The maximum atomic E-state index is 12.4. The lowest BCUT2D eigenvalue weighted by atomic mass is 9.75. The van der Waals surface area contributed by atoms with Crippen LogP contribution in [0.5, 0.6) is 0 Å². The van der Waals surface area contributed by atoms with Crippen LogP contribution in [0.4, 0.5) is 0 Å². The van der Waals surface area contributed by atoms with E-state index < -0.39 is 91.7 Å². The number of phosphoric acid groups is 4. The van der Waals surface area contributed by atoms with Gasteiger partial charge in [-0.2, -0.15) is 8.62 Å². The van der Waals surface area contributed by atoms with Crippen LogP contribution in [0.15, 0.2) is 0 Å². The molecule has 0 fully saturated rings. The zero-order valence-corrected chi connectivity index (χ0v) is 24.8. The Kier molecular flexibility index (Phi) is 19.2. The van der Waals surface area contributed by atoms with E-state index in [-0.39, 0.29) is 13.2 Å². The number of halogens is 4.